The van der Waals surface area contributed by atoms with Crippen LogP contribution in [0.15, 0.2) is 267 Å². The second-order valence-corrected chi connectivity index (χ2v) is 20.8. The molecule has 3 heterocycles. The second kappa shape index (κ2) is 24.7. The average Bonchev–Trinajstić information content (AvgIpc) is 3.69. The third kappa shape index (κ3) is 11.6. The fourth-order valence-electron chi connectivity index (χ4n) is 10.6. The molecule has 0 spiro atoms. The molecule has 9 aromatic carbocycles. The van der Waals surface area contributed by atoms with Crippen LogP contribution in [0, 0.1) is 0 Å². The molecule has 10 heteroatoms. The Morgan fingerprint density at radius 3 is 0.707 bits per heavy atom. The van der Waals surface area contributed by atoms with E-state index >= 15 is 0 Å². The van der Waals surface area contributed by atoms with Gasteiger partial charge in [0, 0.05) is 67.9 Å². The number of nitrogens with zero attached hydrogens (tertiary/aromatic N) is 10. The molecule has 0 saturated carbocycles. The highest BCUT2D eigenvalue weighted by Gasteiger charge is 2.36. The van der Waals surface area contributed by atoms with Gasteiger partial charge < -0.3 is 14.7 Å². The summed E-state index contributed by atoms with van der Waals surface area (Å²) in [6, 6.07) is 83.4. The van der Waals surface area contributed by atoms with Gasteiger partial charge >= 0.3 is 0 Å². The second-order valence-electron chi connectivity index (χ2n) is 20.8. The zero-order valence-corrected chi connectivity index (χ0v) is 46.9. The molecule has 0 bridgehead atoms. The number of anilines is 9. The van der Waals surface area contributed by atoms with E-state index < -0.39 is 0 Å². The molecule has 0 N–H and O–H groups in total. The van der Waals surface area contributed by atoms with E-state index in [2.05, 4.69) is 260 Å². The van der Waals surface area contributed by atoms with Crippen LogP contribution in [-0.2, 0) is 19.3 Å². The minimum absolute atomic E-state index is 0.386. The van der Waals surface area contributed by atoms with Gasteiger partial charge in [0.15, 0.2) is 17.5 Å². The number of aryl methyl sites for hydroxylation is 3. The Hall–Kier alpha value is -9.80. The molecule has 3 aliphatic rings. The molecule has 0 radical (unpaired) electrons. The first-order valence-electron chi connectivity index (χ1n) is 29.0. The summed E-state index contributed by atoms with van der Waals surface area (Å²) >= 11 is 0. The van der Waals surface area contributed by atoms with Gasteiger partial charge in [-0.2, -0.15) is 30.0 Å². The predicted molar refractivity (Wildman–Crippen MR) is 343 cm³/mol. The van der Waals surface area contributed by atoms with E-state index in [1.54, 1.807) is 4.90 Å². The third-order valence-electron chi connectivity index (χ3n) is 15.1. The summed E-state index contributed by atoms with van der Waals surface area (Å²) in [5, 5.41) is 0. The summed E-state index contributed by atoms with van der Waals surface area (Å²) in [5.41, 5.74) is 16.0. The summed E-state index contributed by atoms with van der Waals surface area (Å²) < 4.78 is 0. The molecular formula is C72H66N10. The highest BCUT2D eigenvalue weighted by Crippen LogP contribution is 2.39. The van der Waals surface area contributed by atoms with Crippen molar-refractivity contribution in [2.24, 2.45) is 30.0 Å². The summed E-state index contributed by atoms with van der Waals surface area (Å²) in [6.07, 6.45) is 10.2. The Morgan fingerprint density at radius 1 is 0.256 bits per heavy atom. The van der Waals surface area contributed by atoms with Crippen molar-refractivity contribution >= 4 is 86.6 Å². The van der Waals surface area contributed by atoms with E-state index in [0.717, 1.165) is 87.1 Å². The van der Waals surface area contributed by atoms with E-state index in [9.17, 15) is 0 Å². The van der Waals surface area contributed by atoms with Gasteiger partial charge in [-0.05, 0) is 201 Å². The first-order chi connectivity index (χ1) is 40.5. The van der Waals surface area contributed by atoms with Crippen molar-refractivity contribution in [3.8, 4) is 0 Å². The molecule has 3 aliphatic heterocycles. The van der Waals surface area contributed by atoms with Gasteiger partial charge in [-0.25, -0.2) is 4.90 Å². The van der Waals surface area contributed by atoms with Gasteiger partial charge in [0.05, 0.1) is 0 Å². The maximum absolute atomic E-state index is 5.18. The molecule has 0 amide bonds. The maximum atomic E-state index is 5.18. The van der Waals surface area contributed by atoms with Crippen LogP contribution in [-0.4, -0.2) is 40.3 Å². The highest BCUT2D eigenvalue weighted by atomic mass is 15.5. The fourth-order valence-corrected chi connectivity index (χ4v) is 10.6. The van der Waals surface area contributed by atoms with Gasteiger partial charge in [-0.3, -0.25) is 0 Å². The summed E-state index contributed by atoms with van der Waals surface area (Å²) in [7, 11) is 0. The molecule has 0 saturated heterocycles. The zero-order chi connectivity index (χ0) is 55.6. The van der Waals surface area contributed by atoms with Crippen molar-refractivity contribution in [3.63, 3.8) is 0 Å². The highest BCUT2D eigenvalue weighted by molar-refractivity contribution is 6.34. The van der Waals surface area contributed by atoms with Crippen molar-refractivity contribution in [2.45, 2.75) is 78.6 Å². The number of aliphatic imine (C=N–C) groups is 6. The number of unbranched alkanes of at least 4 members (excludes halogenated alkanes) is 3. The minimum Gasteiger partial charge on any atom is -0.311 e. The van der Waals surface area contributed by atoms with E-state index in [0.29, 0.717) is 35.4 Å². The standard InChI is InChI=1S/C72H66N10/c1-4-7-19-52-28-40-61(41-29-52)80(60-26-17-12-18-27-60)65-48-36-56(37-49-65)68-75-70-73-67(55-34-46-64(47-35-55)79(58-22-13-10-14-23-58)59-24-15-11-16-25-59)74-71-77-69(78-72(76-68)82(70)71)57-38-50-66(51-39-57)81(62-42-30-53(31-43-62)20-8-5-2)63-44-32-54(33-45-63)21-9-6-3/h10-18,22-51H,4-9,19-21H2,1-3H3. The molecule has 9 aromatic rings. The molecule has 0 fully saturated rings. The Bertz CT molecular complexity index is 3720. The molecule has 12 rings (SSSR count). The van der Waals surface area contributed by atoms with Crippen LogP contribution < -0.4 is 14.7 Å². The largest absolute Gasteiger partial charge is 0.311 e. The predicted octanol–water partition coefficient (Wildman–Crippen LogP) is 18.2. The number of para-hydroxylation sites is 3. The van der Waals surface area contributed by atoms with Crippen LogP contribution in [0.4, 0.5) is 51.2 Å². The SMILES string of the molecule is CCCCc1ccc(N(c2ccccc2)c2ccc(C3=NC4=NC(c5ccc(N(c6ccc(CCCC)cc6)c6ccc(CCCC)cc6)cc5)=NC5=NC(c6ccc(N(c7ccccc7)c7ccccc7)cc6)=NC(=N3)N54)cc2)cc1. The average molecular weight is 1070 g/mol. The van der Waals surface area contributed by atoms with Crippen LogP contribution in [0.3, 0.4) is 0 Å². The number of benzene rings is 9. The summed E-state index contributed by atoms with van der Waals surface area (Å²) in [4.78, 5) is 39.6. The molecule has 0 aliphatic carbocycles. The van der Waals surface area contributed by atoms with Gasteiger partial charge in [-0.1, -0.05) is 131 Å². The monoisotopic (exact) mass is 1070 g/mol. The Morgan fingerprint density at radius 2 is 0.476 bits per heavy atom. The van der Waals surface area contributed by atoms with E-state index in [1.807, 2.05) is 12.1 Å². The molecule has 10 nitrogen and oxygen atoms in total. The topological polar surface area (TPSA) is 87.1 Å². The quantitative estimate of drug-likeness (QED) is 0.0717. The van der Waals surface area contributed by atoms with Gasteiger partial charge in [0.25, 0.3) is 0 Å². The number of rotatable bonds is 21. The van der Waals surface area contributed by atoms with Crippen molar-refractivity contribution in [1.82, 2.24) is 4.90 Å². The van der Waals surface area contributed by atoms with E-state index in [1.165, 1.54) is 55.2 Å². The van der Waals surface area contributed by atoms with Gasteiger partial charge in [0.2, 0.25) is 17.9 Å². The fraction of sp³-hybridized carbons (Fsp3) is 0.167. The number of hydrogen-bond acceptors (Lipinski definition) is 10. The lowest BCUT2D eigenvalue weighted by Gasteiger charge is -2.31. The maximum Gasteiger partial charge on any atom is 0.243 e. The Kier molecular flexibility index (Phi) is 15.9. The first-order valence-corrected chi connectivity index (χ1v) is 29.0. The van der Waals surface area contributed by atoms with Gasteiger partial charge in [0.1, 0.15) is 0 Å². The zero-order valence-electron chi connectivity index (χ0n) is 46.9. The molecule has 0 atom stereocenters. The first kappa shape index (κ1) is 52.9. The molecule has 404 valence electrons. The van der Waals surface area contributed by atoms with Crippen molar-refractivity contribution in [3.05, 3.63) is 270 Å². The van der Waals surface area contributed by atoms with Crippen LogP contribution in [0.5, 0.6) is 0 Å². The van der Waals surface area contributed by atoms with Crippen LogP contribution in [0.2, 0.25) is 0 Å². The van der Waals surface area contributed by atoms with Gasteiger partial charge in [-0.15, -0.1) is 0 Å². The molecule has 0 unspecified atom stereocenters. The van der Waals surface area contributed by atoms with Crippen LogP contribution in [0.25, 0.3) is 0 Å². The van der Waals surface area contributed by atoms with Crippen molar-refractivity contribution in [2.75, 3.05) is 14.7 Å². The van der Waals surface area contributed by atoms with Crippen LogP contribution >= 0.6 is 0 Å². The van der Waals surface area contributed by atoms with Crippen LogP contribution in [0.1, 0.15) is 92.7 Å². The lowest BCUT2D eigenvalue weighted by atomic mass is 10.1. The molecule has 0 aromatic heterocycles. The van der Waals surface area contributed by atoms with E-state index in [-0.39, 0.29) is 0 Å². The summed E-state index contributed by atoms with van der Waals surface area (Å²) in [5.74, 6) is 2.61. The smallest absolute Gasteiger partial charge is 0.243 e. The Balaban J connectivity index is 0.916. The third-order valence-corrected chi connectivity index (χ3v) is 15.1. The van der Waals surface area contributed by atoms with E-state index in [4.69, 9.17) is 30.0 Å². The molecular weight excluding hydrogens is 1000 g/mol. The number of hydrogen-bond donors (Lipinski definition) is 0. The molecule has 82 heavy (non-hydrogen) atoms. The minimum atomic E-state index is 0.386. The Labute approximate surface area is 482 Å². The summed E-state index contributed by atoms with van der Waals surface area (Å²) in [6.45, 7) is 6.72. The number of amidine groups is 3. The lowest BCUT2D eigenvalue weighted by Crippen LogP contribution is -2.48. The lowest BCUT2D eigenvalue weighted by molar-refractivity contribution is 0.795. The normalized spacial score (nSPS) is 13.4. The van der Waals surface area contributed by atoms with Crippen molar-refractivity contribution < 1.29 is 0 Å². The number of guanidine groups is 3. The van der Waals surface area contributed by atoms with Crippen molar-refractivity contribution in [1.29, 1.82) is 0 Å².